The third-order valence-electron chi connectivity index (χ3n) is 5.38. The van der Waals surface area contributed by atoms with Crippen molar-refractivity contribution in [3.63, 3.8) is 0 Å². The van der Waals surface area contributed by atoms with E-state index in [4.69, 9.17) is 0 Å². The van der Waals surface area contributed by atoms with Crippen LogP contribution in [0.25, 0.3) is 6.08 Å². The summed E-state index contributed by atoms with van der Waals surface area (Å²) in [6.45, 7) is 4.46. The van der Waals surface area contributed by atoms with Crippen LogP contribution in [0.15, 0.2) is 58.9 Å². The Morgan fingerprint density at radius 1 is 1.00 bits per heavy atom. The first-order valence-electron chi connectivity index (χ1n) is 9.83. The molecule has 2 N–H and O–H groups in total. The number of hydrogen-bond acceptors (Lipinski definition) is 1. The Morgan fingerprint density at radius 3 is 2.36 bits per heavy atom. The molecule has 4 heteroatoms. The molecule has 4 rings (SSSR count). The number of benzene rings is 2. The molecule has 28 heavy (non-hydrogen) atoms. The second kappa shape index (κ2) is 7.63. The summed E-state index contributed by atoms with van der Waals surface area (Å²) in [4.78, 5) is 12.3. The SMILES string of the molecule is CC(C)Cc1ccc(CC2=Cc3[nH][nH]c(=O)c3C(c3ccc(F)cc3)C2)cc1. The highest BCUT2D eigenvalue weighted by molar-refractivity contribution is 5.60. The summed E-state index contributed by atoms with van der Waals surface area (Å²) in [7, 11) is 0. The molecule has 3 aromatic rings. The summed E-state index contributed by atoms with van der Waals surface area (Å²) in [5.74, 6) is 0.318. The van der Waals surface area contributed by atoms with Crippen molar-refractivity contribution in [3.05, 3.63) is 98.2 Å². The first kappa shape index (κ1) is 18.5. The highest BCUT2D eigenvalue weighted by Gasteiger charge is 2.27. The molecule has 0 radical (unpaired) electrons. The largest absolute Gasteiger partial charge is 0.298 e. The molecule has 1 heterocycles. The highest BCUT2D eigenvalue weighted by Crippen LogP contribution is 2.37. The zero-order valence-electron chi connectivity index (χ0n) is 16.3. The van der Waals surface area contributed by atoms with Crippen LogP contribution in [0.2, 0.25) is 0 Å². The maximum Gasteiger partial charge on any atom is 0.268 e. The van der Waals surface area contributed by atoms with Crippen molar-refractivity contribution in [2.75, 3.05) is 0 Å². The van der Waals surface area contributed by atoms with Crippen molar-refractivity contribution >= 4 is 6.08 Å². The molecule has 1 aliphatic carbocycles. The molecule has 0 spiro atoms. The maximum atomic E-state index is 13.4. The van der Waals surface area contributed by atoms with Gasteiger partial charge in [-0.2, -0.15) is 0 Å². The highest BCUT2D eigenvalue weighted by atomic mass is 19.1. The molecule has 1 unspecified atom stereocenters. The summed E-state index contributed by atoms with van der Waals surface area (Å²) in [5, 5.41) is 5.70. The Kier molecular flexibility index (Phi) is 5.03. The quantitative estimate of drug-likeness (QED) is 0.631. The molecule has 1 aromatic heterocycles. The number of nitrogens with one attached hydrogen (secondary N) is 2. The summed E-state index contributed by atoms with van der Waals surface area (Å²) in [6, 6.07) is 15.3. The molecule has 144 valence electrons. The van der Waals surface area contributed by atoms with E-state index >= 15 is 0 Å². The number of rotatable bonds is 5. The maximum absolute atomic E-state index is 13.4. The number of aromatic amines is 2. The smallest absolute Gasteiger partial charge is 0.268 e. The monoisotopic (exact) mass is 376 g/mol. The van der Waals surface area contributed by atoms with Gasteiger partial charge in [-0.25, -0.2) is 4.39 Å². The fourth-order valence-electron chi connectivity index (χ4n) is 4.10. The van der Waals surface area contributed by atoms with Gasteiger partial charge in [0.25, 0.3) is 5.56 Å². The Bertz CT molecular complexity index is 1040. The summed E-state index contributed by atoms with van der Waals surface area (Å²) in [5.41, 5.74) is 6.31. The lowest BCUT2D eigenvalue weighted by Crippen LogP contribution is -2.17. The van der Waals surface area contributed by atoms with E-state index in [1.165, 1.54) is 28.8 Å². The van der Waals surface area contributed by atoms with Crippen molar-refractivity contribution in [1.29, 1.82) is 0 Å². The van der Waals surface area contributed by atoms with E-state index < -0.39 is 0 Å². The van der Waals surface area contributed by atoms with Gasteiger partial charge in [0.2, 0.25) is 0 Å². The van der Waals surface area contributed by atoms with E-state index in [-0.39, 0.29) is 17.3 Å². The second-order valence-corrected chi connectivity index (χ2v) is 8.11. The minimum atomic E-state index is -0.264. The minimum absolute atomic E-state index is 0.0641. The molecule has 0 aliphatic heterocycles. The van der Waals surface area contributed by atoms with Gasteiger partial charge in [0, 0.05) is 5.92 Å². The number of hydrogen-bond donors (Lipinski definition) is 2. The van der Waals surface area contributed by atoms with Crippen LogP contribution in [0, 0.1) is 11.7 Å². The third-order valence-corrected chi connectivity index (χ3v) is 5.38. The second-order valence-electron chi connectivity index (χ2n) is 8.11. The number of fused-ring (bicyclic) bond motifs is 1. The first-order chi connectivity index (χ1) is 13.5. The zero-order chi connectivity index (χ0) is 19.7. The molecule has 0 bridgehead atoms. The molecule has 0 fully saturated rings. The zero-order valence-corrected chi connectivity index (χ0v) is 16.3. The van der Waals surface area contributed by atoms with Gasteiger partial charge in [0.05, 0.1) is 11.3 Å². The van der Waals surface area contributed by atoms with Crippen LogP contribution >= 0.6 is 0 Å². The summed E-state index contributed by atoms with van der Waals surface area (Å²) >= 11 is 0. The normalized spacial score (nSPS) is 16.1. The van der Waals surface area contributed by atoms with Gasteiger partial charge >= 0.3 is 0 Å². The Balaban J connectivity index is 1.61. The van der Waals surface area contributed by atoms with Crippen LogP contribution < -0.4 is 5.56 Å². The number of allylic oxidation sites excluding steroid dienone is 1. The molecular formula is C24H25FN2O. The third kappa shape index (κ3) is 3.86. The van der Waals surface area contributed by atoms with E-state index in [2.05, 4.69) is 54.4 Å². The van der Waals surface area contributed by atoms with Crippen molar-refractivity contribution in [2.45, 2.75) is 39.0 Å². The Labute approximate surface area is 164 Å². The van der Waals surface area contributed by atoms with Crippen LogP contribution in [0.1, 0.15) is 54.1 Å². The first-order valence-corrected chi connectivity index (χ1v) is 9.83. The Morgan fingerprint density at radius 2 is 1.68 bits per heavy atom. The van der Waals surface area contributed by atoms with Crippen molar-refractivity contribution < 1.29 is 4.39 Å². The molecular weight excluding hydrogens is 351 g/mol. The minimum Gasteiger partial charge on any atom is -0.298 e. The average Bonchev–Trinajstić information content (AvgIpc) is 3.04. The lowest BCUT2D eigenvalue weighted by Gasteiger charge is -2.23. The van der Waals surface area contributed by atoms with Gasteiger partial charge < -0.3 is 0 Å². The predicted molar refractivity (Wildman–Crippen MR) is 111 cm³/mol. The molecule has 0 saturated heterocycles. The summed E-state index contributed by atoms with van der Waals surface area (Å²) in [6.07, 6.45) is 4.76. The fourth-order valence-corrected chi connectivity index (χ4v) is 4.10. The van der Waals surface area contributed by atoms with Crippen LogP contribution in [0.5, 0.6) is 0 Å². The van der Waals surface area contributed by atoms with E-state index in [1.807, 2.05) is 0 Å². The topological polar surface area (TPSA) is 48.6 Å². The van der Waals surface area contributed by atoms with E-state index in [9.17, 15) is 9.18 Å². The van der Waals surface area contributed by atoms with Crippen LogP contribution in [0.3, 0.4) is 0 Å². The standard InChI is InChI=1S/C24H25FN2O/c1-15(2)11-16-3-5-17(6-4-16)12-18-13-21(19-7-9-20(25)10-8-19)23-22(14-18)26-27-24(23)28/h3-10,14-15,21H,11-13H2,1-2H3,(H2,26,27,28). The number of H-pyrrole nitrogens is 2. The van der Waals surface area contributed by atoms with E-state index in [0.29, 0.717) is 5.92 Å². The number of aromatic nitrogens is 2. The average molecular weight is 376 g/mol. The predicted octanol–water partition coefficient (Wildman–Crippen LogP) is 5.20. The van der Waals surface area contributed by atoms with Crippen LogP contribution in [0.4, 0.5) is 4.39 Å². The van der Waals surface area contributed by atoms with Crippen molar-refractivity contribution in [2.24, 2.45) is 5.92 Å². The van der Waals surface area contributed by atoms with Crippen LogP contribution in [-0.2, 0) is 12.8 Å². The van der Waals surface area contributed by atoms with Gasteiger partial charge in [-0.1, -0.05) is 55.8 Å². The van der Waals surface area contributed by atoms with Gasteiger partial charge in [-0.15, -0.1) is 0 Å². The van der Waals surface area contributed by atoms with Gasteiger partial charge in [-0.3, -0.25) is 15.0 Å². The molecule has 0 amide bonds. The lowest BCUT2D eigenvalue weighted by atomic mass is 9.80. The van der Waals surface area contributed by atoms with Gasteiger partial charge in [-0.05, 0) is 60.1 Å². The van der Waals surface area contributed by atoms with Gasteiger partial charge in [0.1, 0.15) is 5.82 Å². The van der Waals surface area contributed by atoms with Crippen LogP contribution in [-0.4, -0.2) is 10.2 Å². The molecule has 3 nitrogen and oxygen atoms in total. The van der Waals surface area contributed by atoms with Crippen molar-refractivity contribution in [3.8, 4) is 0 Å². The lowest BCUT2D eigenvalue weighted by molar-refractivity contribution is 0.625. The van der Waals surface area contributed by atoms with Crippen molar-refractivity contribution in [1.82, 2.24) is 10.2 Å². The fraction of sp³-hybridized carbons (Fsp3) is 0.292. The molecule has 2 aromatic carbocycles. The molecule has 0 saturated carbocycles. The Hall–Kier alpha value is -2.88. The number of halogens is 1. The summed E-state index contributed by atoms with van der Waals surface area (Å²) < 4.78 is 13.4. The van der Waals surface area contributed by atoms with E-state index in [1.54, 1.807) is 12.1 Å². The molecule has 1 aliphatic rings. The van der Waals surface area contributed by atoms with Gasteiger partial charge in [0.15, 0.2) is 0 Å². The molecule has 1 atom stereocenters. The van der Waals surface area contributed by atoms with E-state index in [0.717, 1.165) is 36.1 Å².